The zero-order valence-electron chi connectivity index (χ0n) is 10.4. The van der Waals surface area contributed by atoms with Crippen LogP contribution in [-0.4, -0.2) is 20.6 Å². The molecule has 18 heavy (non-hydrogen) atoms. The molecule has 1 aliphatic rings. The van der Waals surface area contributed by atoms with Crippen molar-refractivity contribution in [2.75, 3.05) is 0 Å². The monoisotopic (exact) mass is 242 g/mol. The zero-order chi connectivity index (χ0) is 12.2. The van der Waals surface area contributed by atoms with E-state index in [0.29, 0.717) is 0 Å². The molecule has 1 N–H and O–H groups in total. The highest BCUT2D eigenvalue weighted by Gasteiger charge is 2.23. The summed E-state index contributed by atoms with van der Waals surface area (Å²) >= 11 is 0. The van der Waals surface area contributed by atoms with Gasteiger partial charge in [0.2, 0.25) is 0 Å². The average Bonchev–Trinajstić information content (AvgIpc) is 2.94. The molecule has 3 rings (SSSR count). The molecule has 0 saturated heterocycles. The third-order valence-electron chi connectivity index (χ3n) is 3.98. The van der Waals surface area contributed by atoms with Crippen molar-refractivity contribution in [3.63, 3.8) is 0 Å². The van der Waals surface area contributed by atoms with Gasteiger partial charge in [0.15, 0.2) is 5.82 Å². The minimum absolute atomic E-state index is 0.725. The second kappa shape index (κ2) is 5.29. The SMILES string of the molecule is c1ccc(C2CCC(Cc3nn[nH]n3)CC2)cc1. The van der Waals surface area contributed by atoms with Crippen LogP contribution in [0.1, 0.15) is 43.0 Å². The minimum atomic E-state index is 0.725. The molecule has 0 radical (unpaired) electrons. The topological polar surface area (TPSA) is 54.5 Å². The van der Waals surface area contributed by atoms with Crippen LogP contribution in [0.5, 0.6) is 0 Å². The lowest BCUT2D eigenvalue weighted by Crippen LogP contribution is -2.15. The Morgan fingerprint density at radius 3 is 2.50 bits per heavy atom. The van der Waals surface area contributed by atoms with Gasteiger partial charge < -0.3 is 0 Å². The maximum absolute atomic E-state index is 4.04. The van der Waals surface area contributed by atoms with Crippen LogP contribution in [0.2, 0.25) is 0 Å². The number of aromatic amines is 1. The van der Waals surface area contributed by atoms with E-state index in [9.17, 15) is 0 Å². The van der Waals surface area contributed by atoms with Gasteiger partial charge in [-0.3, -0.25) is 0 Å². The molecule has 2 aromatic rings. The van der Waals surface area contributed by atoms with Gasteiger partial charge in [-0.25, -0.2) is 0 Å². The number of tetrazole rings is 1. The fourth-order valence-corrected chi connectivity index (χ4v) is 2.95. The van der Waals surface area contributed by atoms with Gasteiger partial charge in [0.25, 0.3) is 0 Å². The van der Waals surface area contributed by atoms with Gasteiger partial charge in [0, 0.05) is 6.42 Å². The lowest BCUT2D eigenvalue weighted by atomic mass is 9.77. The normalized spacial score (nSPS) is 24.0. The first-order valence-corrected chi connectivity index (χ1v) is 6.69. The number of rotatable bonds is 3. The molecule has 0 bridgehead atoms. The Kier molecular flexibility index (Phi) is 3.35. The number of benzene rings is 1. The maximum Gasteiger partial charge on any atom is 0.174 e. The van der Waals surface area contributed by atoms with Crippen molar-refractivity contribution in [3.05, 3.63) is 41.7 Å². The fraction of sp³-hybridized carbons (Fsp3) is 0.500. The van der Waals surface area contributed by atoms with E-state index in [1.807, 2.05) is 0 Å². The Morgan fingerprint density at radius 1 is 1.06 bits per heavy atom. The third-order valence-corrected chi connectivity index (χ3v) is 3.98. The molecule has 1 aliphatic carbocycles. The number of aromatic nitrogens is 4. The molecule has 0 spiro atoms. The summed E-state index contributed by atoms with van der Waals surface area (Å²) in [7, 11) is 0. The van der Waals surface area contributed by atoms with Crippen LogP contribution in [0.15, 0.2) is 30.3 Å². The second-order valence-corrected chi connectivity index (χ2v) is 5.16. The molecule has 1 heterocycles. The Morgan fingerprint density at radius 2 is 1.83 bits per heavy atom. The minimum Gasteiger partial charge on any atom is -0.177 e. The molecular formula is C14H18N4. The molecule has 4 nitrogen and oxygen atoms in total. The van der Waals surface area contributed by atoms with Gasteiger partial charge in [0.1, 0.15) is 0 Å². The Hall–Kier alpha value is -1.71. The lowest BCUT2D eigenvalue weighted by molar-refractivity contribution is 0.320. The van der Waals surface area contributed by atoms with Crippen LogP contribution in [0, 0.1) is 5.92 Å². The highest BCUT2D eigenvalue weighted by molar-refractivity contribution is 5.19. The summed E-state index contributed by atoms with van der Waals surface area (Å²) in [4.78, 5) is 0. The molecule has 94 valence electrons. The molecule has 0 amide bonds. The van der Waals surface area contributed by atoms with Gasteiger partial charge >= 0.3 is 0 Å². The fourth-order valence-electron chi connectivity index (χ4n) is 2.95. The average molecular weight is 242 g/mol. The number of hydrogen-bond donors (Lipinski definition) is 1. The van der Waals surface area contributed by atoms with Crippen molar-refractivity contribution < 1.29 is 0 Å². The quantitative estimate of drug-likeness (QED) is 0.900. The van der Waals surface area contributed by atoms with Gasteiger partial charge in [-0.2, -0.15) is 5.21 Å². The number of nitrogens with one attached hydrogen (secondary N) is 1. The van der Waals surface area contributed by atoms with Crippen molar-refractivity contribution in [2.45, 2.75) is 38.0 Å². The van der Waals surface area contributed by atoms with Gasteiger partial charge in [0.05, 0.1) is 0 Å². The van der Waals surface area contributed by atoms with Crippen LogP contribution >= 0.6 is 0 Å². The van der Waals surface area contributed by atoms with E-state index in [1.165, 1.54) is 31.2 Å². The van der Waals surface area contributed by atoms with Crippen molar-refractivity contribution in [1.82, 2.24) is 20.6 Å². The summed E-state index contributed by atoms with van der Waals surface area (Å²) in [5.74, 6) is 2.33. The Bertz CT molecular complexity index is 458. The van der Waals surface area contributed by atoms with Crippen molar-refractivity contribution in [1.29, 1.82) is 0 Å². The van der Waals surface area contributed by atoms with Crippen LogP contribution in [0.4, 0.5) is 0 Å². The van der Waals surface area contributed by atoms with Crippen molar-refractivity contribution >= 4 is 0 Å². The molecule has 1 aromatic carbocycles. The maximum atomic E-state index is 4.04. The Balaban J connectivity index is 1.55. The largest absolute Gasteiger partial charge is 0.177 e. The molecular weight excluding hydrogens is 224 g/mol. The van der Waals surface area contributed by atoms with E-state index in [1.54, 1.807) is 0 Å². The number of hydrogen-bond acceptors (Lipinski definition) is 3. The summed E-state index contributed by atoms with van der Waals surface area (Å²) < 4.78 is 0. The molecule has 0 aliphatic heterocycles. The summed E-state index contributed by atoms with van der Waals surface area (Å²) in [6.07, 6.45) is 6.08. The van der Waals surface area contributed by atoms with Gasteiger partial charge in [-0.1, -0.05) is 35.5 Å². The standard InChI is InChI=1S/C14H18N4/c1-2-4-12(5-3-1)13-8-6-11(7-9-13)10-14-15-17-18-16-14/h1-5,11,13H,6-10H2,(H,15,16,17,18). The number of H-pyrrole nitrogens is 1. The van der Waals surface area contributed by atoms with E-state index < -0.39 is 0 Å². The van der Waals surface area contributed by atoms with Crippen LogP contribution in [-0.2, 0) is 6.42 Å². The van der Waals surface area contributed by atoms with E-state index >= 15 is 0 Å². The Labute approximate surface area is 107 Å². The highest BCUT2D eigenvalue weighted by Crippen LogP contribution is 2.36. The second-order valence-electron chi connectivity index (χ2n) is 5.16. The molecule has 1 aromatic heterocycles. The van der Waals surface area contributed by atoms with Crippen LogP contribution in [0.3, 0.4) is 0 Å². The summed E-state index contributed by atoms with van der Waals surface area (Å²) in [5.41, 5.74) is 1.50. The van der Waals surface area contributed by atoms with E-state index in [2.05, 4.69) is 51.0 Å². The smallest absolute Gasteiger partial charge is 0.174 e. The first-order valence-electron chi connectivity index (χ1n) is 6.69. The first kappa shape index (κ1) is 11.4. The van der Waals surface area contributed by atoms with Gasteiger partial charge in [-0.15, -0.1) is 10.2 Å². The molecule has 4 heteroatoms. The molecule has 0 atom stereocenters. The lowest BCUT2D eigenvalue weighted by Gasteiger charge is -2.28. The molecule has 0 unspecified atom stereocenters. The van der Waals surface area contributed by atoms with Gasteiger partial charge in [-0.05, 0) is 43.1 Å². The number of nitrogens with zero attached hydrogens (tertiary/aromatic N) is 3. The van der Waals surface area contributed by atoms with Crippen LogP contribution in [0.25, 0.3) is 0 Å². The summed E-state index contributed by atoms with van der Waals surface area (Å²) in [6, 6.07) is 10.9. The summed E-state index contributed by atoms with van der Waals surface area (Å²) in [6.45, 7) is 0. The highest BCUT2D eigenvalue weighted by atomic mass is 15.5. The summed E-state index contributed by atoms with van der Waals surface area (Å²) in [5, 5.41) is 14.2. The van der Waals surface area contributed by atoms with Crippen LogP contribution < -0.4 is 0 Å². The third kappa shape index (κ3) is 2.58. The van der Waals surface area contributed by atoms with E-state index in [0.717, 1.165) is 24.1 Å². The molecule has 1 fully saturated rings. The zero-order valence-corrected chi connectivity index (χ0v) is 10.4. The predicted octanol–water partition coefficient (Wildman–Crippen LogP) is 2.72. The first-order chi connectivity index (χ1) is 8.92. The molecule has 1 saturated carbocycles. The predicted molar refractivity (Wildman–Crippen MR) is 69.0 cm³/mol. The van der Waals surface area contributed by atoms with E-state index in [4.69, 9.17) is 0 Å². The van der Waals surface area contributed by atoms with E-state index in [-0.39, 0.29) is 0 Å². The van der Waals surface area contributed by atoms with Crippen molar-refractivity contribution in [3.8, 4) is 0 Å². The van der Waals surface area contributed by atoms with Crippen molar-refractivity contribution in [2.24, 2.45) is 5.92 Å².